The van der Waals surface area contributed by atoms with Crippen molar-refractivity contribution in [2.75, 3.05) is 0 Å². The van der Waals surface area contributed by atoms with Crippen LogP contribution in [0.25, 0.3) is 119 Å². The van der Waals surface area contributed by atoms with E-state index >= 15 is 0 Å². The number of rotatable bonds is 5. The lowest BCUT2D eigenvalue weighted by Gasteiger charge is -2.61. The van der Waals surface area contributed by atoms with Crippen molar-refractivity contribution in [3.8, 4) is 66.8 Å². The molecule has 0 aliphatic heterocycles. The number of thiophene rings is 1. The predicted molar refractivity (Wildman–Crippen MR) is 302 cm³/mol. The van der Waals surface area contributed by atoms with Crippen molar-refractivity contribution < 1.29 is 0 Å². The molecule has 0 N–H and O–H groups in total. The summed E-state index contributed by atoms with van der Waals surface area (Å²) in [6.45, 7) is 0. The van der Waals surface area contributed by atoms with Gasteiger partial charge in [0, 0.05) is 25.6 Å². The number of fused-ring (bicyclic) bond motifs is 9. The second-order valence-electron chi connectivity index (χ2n) is 21.5. The third-order valence-corrected chi connectivity index (χ3v) is 19.3. The molecule has 4 bridgehead atoms. The Kier molecular flexibility index (Phi) is 8.61. The first-order valence-electron chi connectivity index (χ1n) is 26.0. The van der Waals surface area contributed by atoms with Gasteiger partial charge in [-0.15, -0.1) is 11.3 Å². The first-order chi connectivity index (χ1) is 35.1. The molecule has 1 aromatic heterocycles. The number of hydrogen-bond donors (Lipinski definition) is 0. The van der Waals surface area contributed by atoms with Crippen LogP contribution in [0, 0.1) is 23.7 Å². The van der Waals surface area contributed by atoms with Gasteiger partial charge in [0.15, 0.2) is 0 Å². The van der Waals surface area contributed by atoms with Crippen LogP contribution < -0.4 is 0 Å². The predicted octanol–water partition coefficient (Wildman–Crippen LogP) is 19.6. The van der Waals surface area contributed by atoms with Crippen LogP contribution in [0.2, 0.25) is 0 Å². The third-order valence-electron chi connectivity index (χ3n) is 18.1. The van der Waals surface area contributed by atoms with Crippen LogP contribution in [0.3, 0.4) is 0 Å². The van der Waals surface area contributed by atoms with Crippen LogP contribution >= 0.6 is 11.3 Å². The molecule has 1 heteroatoms. The van der Waals surface area contributed by atoms with Crippen molar-refractivity contribution >= 4 is 63.8 Å². The van der Waals surface area contributed by atoms with Gasteiger partial charge in [0.1, 0.15) is 0 Å². The van der Waals surface area contributed by atoms with Crippen molar-refractivity contribution in [3.05, 3.63) is 230 Å². The minimum Gasteiger partial charge on any atom is -0.135 e. The average molecular weight is 923 g/mol. The number of benzene rings is 11. The molecular formula is C70H50S. The molecule has 12 aromatic rings. The lowest BCUT2D eigenvalue weighted by Crippen LogP contribution is -2.55. The highest BCUT2D eigenvalue weighted by atomic mass is 32.1. The molecule has 0 radical (unpaired) electrons. The molecule has 0 amide bonds. The molecule has 1 spiro atoms. The van der Waals surface area contributed by atoms with E-state index in [9.17, 15) is 0 Å². The van der Waals surface area contributed by atoms with Crippen LogP contribution in [0.5, 0.6) is 0 Å². The maximum absolute atomic E-state index is 2.62. The molecule has 5 aliphatic rings. The smallest absolute Gasteiger partial charge is 0.0433 e. The molecule has 5 aliphatic carbocycles. The van der Waals surface area contributed by atoms with Gasteiger partial charge >= 0.3 is 0 Å². The third kappa shape index (κ3) is 5.85. The normalized spacial score (nSPS) is 20.7. The molecule has 0 atom stereocenters. The summed E-state index contributed by atoms with van der Waals surface area (Å²) in [6.07, 6.45) is 7.14. The molecule has 4 fully saturated rings. The second kappa shape index (κ2) is 15.2. The van der Waals surface area contributed by atoms with E-state index in [0.717, 1.165) is 23.7 Å². The Bertz CT molecular complexity index is 4080. The van der Waals surface area contributed by atoms with E-state index in [4.69, 9.17) is 0 Å². The Morgan fingerprint density at radius 3 is 1.45 bits per heavy atom. The zero-order valence-corrected chi connectivity index (χ0v) is 40.4. The van der Waals surface area contributed by atoms with Crippen LogP contribution in [0.1, 0.15) is 43.2 Å². The van der Waals surface area contributed by atoms with E-state index in [1.54, 1.807) is 11.1 Å². The Hall–Kier alpha value is -7.58. The van der Waals surface area contributed by atoms with E-state index < -0.39 is 0 Å². The fourth-order valence-electron chi connectivity index (χ4n) is 15.3. The lowest BCUT2D eigenvalue weighted by atomic mass is 9.43. The first-order valence-corrected chi connectivity index (χ1v) is 26.8. The molecule has 1 heterocycles. The van der Waals surface area contributed by atoms with Gasteiger partial charge in [-0.1, -0.05) is 194 Å². The molecule has 0 saturated heterocycles. The lowest BCUT2D eigenvalue weighted by molar-refractivity contribution is -0.0399. The highest BCUT2D eigenvalue weighted by Crippen LogP contribution is 2.69. The van der Waals surface area contributed by atoms with E-state index in [-0.39, 0.29) is 5.41 Å². The van der Waals surface area contributed by atoms with Crippen LogP contribution in [0.4, 0.5) is 0 Å². The Morgan fingerprint density at radius 2 is 0.775 bits per heavy atom. The molecule has 336 valence electrons. The summed E-state index contributed by atoms with van der Waals surface area (Å²) in [4.78, 5) is 0. The molecule has 4 saturated carbocycles. The summed E-state index contributed by atoms with van der Waals surface area (Å²) in [5, 5.41) is 10.3. The minimum atomic E-state index is 0.189. The summed E-state index contributed by atoms with van der Waals surface area (Å²) in [6, 6.07) is 83.3. The van der Waals surface area contributed by atoms with Crippen molar-refractivity contribution in [1.29, 1.82) is 0 Å². The first kappa shape index (κ1) is 40.2. The second-order valence-corrected chi connectivity index (χ2v) is 22.6. The minimum absolute atomic E-state index is 0.189. The van der Waals surface area contributed by atoms with Gasteiger partial charge in [-0.05, 0) is 190 Å². The van der Waals surface area contributed by atoms with Gasteiger partial charge in [-0.25, -0.2) is 0 Å². The standard InChI is InChI=1S/C70H50S/c1-3-14-61-59(12-1)67(47-26-24-46(25-27-47)55-16-9-17-63-58-11-6-8-19-66(58)71-69(55)63)60-13-2-4-15-62(60)68(61)52-31-30-49-39-48(28-29-50(49)40-52)44-20-22-45(23-21-44)51-32-33-57-56-10-5-7-18-64(56)70(65(57)41-51)53-35-42-34-43(37-53)38-54(70)36-42/h1-33,39-43,53-54H,34-38H2. The topological polar surface area (TPSA) is 0 Å². The van der Waals surface area contributed by atoms with Crippen LogP contribution in [-0.4, -0.2) is 0 Å². The molecule has 0 unspecified atom stereocenters. The fraction of sp³-hybridized carbons (Fsp3) is 0.143. The fourth-order valence-corrected chi connectivity index (χ4v) is 16.5. The zero-order chi connectivity index (χ0) is 46.4. The van der Waals surface area contributed by atoms with Gasteiger partial charge in [0.05, 0.1) is 0 Å². The van der Waals surface area contributed by atoms with Gasteiger partial charge in [-0.2, -0.15) is 0 Å². The summed E-state index contributed by atoms with van der Waals surface area (Å²) in [5.41, 5.74) is 19.2. The van der Waals surface area contributed by atoms with Gasteiger partial charge in [0.25, 0.3) is 0 Å². The average Bonchev–Trinajstić information content (AvgIpc) is 3.95. The maximum Gasteiger partial charge on any atom is 0.0433 e. The molecule has 0 nitrogen and oxygen atoms in total. The van der Waals surface area contributed by atoms with E-state index in [1.165, 1.54) is 151 Å². The molecular weight excluding hydrogens is 873 g/mol. The molecule has 17 rings (SSSR count). The van der Waals surface area contributed by atoms with Crippen LogP contribution in [0.15, 0.2) is 218 Å². The van der Waals surface area contributed by atoms with Gasteiger partial charge in [-0.3, -0.25) is 0 Å². The summed E-state index contributed by atoms with van der Waals surface area (Å²) in [5.74, 6) is 3.44. The van der Waals surface area contributed by atoms with Crippen molar-refractivity contribution in [1.82, 2.24) is 0 Å². The maximum atomic E-state index is 2.62. The molecule has 71 heavy (non-hydrogen) atoms. The highest BCUT2D eigenvalue weighted by Gasteiger charge is 2.61. The Labute approximate surface area is 418 Å². The van der Waals surface area contributed by atoms with E-state index in [0.29, 0.717) is 0 Å². The summed E-state index contributed by atoms with van der Waals surface area (Å²) < 4.78 is 2.69. The Balaban J connectivity index is 0.729. The highest BCUT2D eigenvalue weighted by molar-refractivity contribution is 7.26. The summed E-state index contributed by atoms with van der Waals surface area (Å²) >= 11 is 1.89. The zero-order valence-electron chi connectivity index (χ0n) is 39.5. The largest absolute Gasteiger partial charge is 0.135 e. The van der Waals surface area contributed by atoms with Crippen molar-refractivity contribution in [2.24, 2.45) is 23.7 Å². The monoisotopic (exact) mass is 922 g/mol. The SMILES string of the molecule is c1ccc2c(c1)-c1ccc(-c3ccc(-c4ccc5cc(-c6c7ccccc7c(-c7ccc(-c8cccc9c8sc8ccccc89)cc7)c7ccccc67)ccc5c4)cc3)cc1C21C2CC3CC(C2)CC1C3. The quantitative estimate of drug-likeness (QED) is 0.151. The summed E-state index contributed by atoms with van der Waals surface area (Å²) in [7, 11) is 0. The van der Waals surface area contributed by atoms with Gasteiger partial charge < -0.3 is 0 Å². The van der Waals surface area contributed by atoms with E-state index in [1.807, 2.05) is 11.3 Å². The van der Waals surface area contributed by atoms with Crippen molar-refractivity contribution in [2.45, 2.75) is 37.5 Å². The molecule has 11 aromatic carbocycles. The van der Waals surface area contributed by atoms with Crippen LogP contribution in [-0.2, 0) is 5.41 Å². The number of hydrogen-bond acceptors (Lipinski definition) is 1. The van der Waals surface area contributed by atoms with Crippen molar-refractivity contribution in [3.63, 3.8) is 0 Å². The van der Waals surface area contributed by atoms with E-state index in [2.05, 4.69) is 218 Å². The Morgan fingerprint density at radius 1 is 0.310 bits per heavy atom. The van der Waals surface area contributed by atoms with Gasteiger partial charge in [0.2, 0.25) is 0 Å².